The molecule has 6 nitrogen and oxygen atoms in total. The van der Waals surface area contributed by atoms with Gasteiger partial charge >= 0.3 is 0 Å². The van der Waals surface area contributed by atoms with Crippen LogP contribution < -0.4 is 4.74 Å². The van der Waals surface area contributed by atoms with Crippen molar-refractivity contribution in [2.75, 3.05) is 13.1 Å². The topological polar surface area (TPSA) is 89.8 Å². The van der Waals surface area contributed by atoms with Gasteiger partial charge in [-0.1, -0.05) is 6.07 Å². The maximum atomic E-state index is 13.9. The van der Waals surface area contributed by atoms with E-state index in [4.69, 9.17) is 4.74 Å². The van der Waals surface area contributed by atoms with E-state index in [0.717, 1.165) is 24.0 Å². The van der Waals surface area contributed by atoms with Crippen molar-refractivity contribution >= 4 is 5.78 Å². The summed E-state index contributed by atoms with van der Waals surface area (Å²) >= 11 is 0. The van der Waals surface area contributed by atoms with Gasteiger partial charge in [-0.25, -0.2) is 0 Å². The first-order chi connectivity index (χ1) is 12.4. The maximum Gasteiger partial charge on any atom is 0.174 e. The molecule has 1 saturated heterocycles. The number of carbonyl (C=O) groups is 1. The number of ether oxygens (including phenoxy) is 1. The third-order valence-electron chi connectivity index (χ3n) is 7.85. The lowest BCUT2D eigenvalue weighted by atomic mass is 9.49. The number of ketones is 1. The molecule has 2 aliphatic heterocycles. The fourth-order valence-electron chi connectivity index (χ4n) is 6.54. The van der Waals surface area contributed by atoms with Crippen LogP contribution in [0.5, 0.6) is 11.5 Å². The highest BCUT2D eigenvalue weighted by atomic mass is 16.6. The Morgan fingerprint density at radius 2 is 2.12 bits per heavy atom. The van der Waals surface area contributed by atoms with Crippen molar-refractivity contribution in [1.82, 2.24) is 0 Å². The summed E-state index contributed by atoms with van der Waals surface area (Å²) in [7, 11) is 0. The van der Waals surface area contributed by atoms with Gasteiger partial charge in [-0.05, 0) is 30.9 Å². The fourth-order valence-corrected chi connectivity index (χ4v) is 6.54. The molecule has 138 valence electrons. The fraction of sp³-hybridized carbons (Fsp3) is 0.650. The van der Waals surface area contributed by atoms with E-state index in [1.807, 2.05) is 6.07 Å². The van der Waals surface area contributed by atoms with Crippen molar-refractivity contribution in [3.8, 4) is 11.5 Å². The smallest absolute Gasteiger partial charge is 0.174 e. The maximum absolute atomic E-state index is 13.9. The number of phenolic OH excluding ortho intramolecular Hbond substituents is 1. The zero-order chi connectivity index (χ0) is 17.9. The van der Waals surface area contributed by atoms with Crippen molar-refractivity contribution in [2.24, 2.45) is 5.92 Å². The van der Waals surface area contributed by atoms with Crippen LogP contribution in [0.4, 0.5) is 0 Å². The molecule has 1 spiro atoms. The Morgan fingerprint density at radius 3 is 2.88 bits per heavy atom. The average Bonchev–Trinajstić information content (AvgIpc) is 3.32. The van der Waals surface area contributed by atoms with Gasteiger partial charge in [0, 0.05) is 30.7 Å². The van der Waals surface area contributed by atoms with E-state index in [9.17, 15) is 20.2 Å². The molecule has 0 radical (unpaired) electrons. The summed E-state index contributed by atoms with van der Waals surface area (Å²) in [5.74, 6) is 0.827. The molecule has 2 heterocycles. The van der Waals surface area contributed by atoms with E-state index in [0.29, 0.717) is 44.0 Å². The Bertz CT molecular complexity index is 851. The summed E-state index contributed by atoms with van der Waals surface area (Å²) in [4.78, 5) is 12.7. The Kier molecular flexibility index (Phi) is 2.63. The van der Waals surface area contributed by atoms with Gasteiger partial charge in [-0.15, -0.1) is 0 Å². The summed E-state index contributed by atoms with van der Waals surface area (Å²) < 4.78 is 5.63. The Labute approximate surface area is 151 Å². The predicted molar refractivity (Wildman–Crippen MR) is 91.6 cm³/mol. The molecule has 1 aromatic rings. The number of carbonyl (C=O) groups excluding carboxylic acids is 1. The van der Waals surface area contributed by atoms with Crippen molar-refractivity contribution in [1.29, 1.82) is 0 Å². The second kappa shape index (κ2) is 4.43. The molecule has 3 aliphatic carbocycles. The molecule has 5 aliphatic rings. The van der Waals surface area contributed by atoms with Crippen LogP contribution in [-0.2, 0) is 16.6 Å². The highest BCUT2D eigenvalue weighted by Crippen LogP contribution is 2.66. The molecule has 6 rings (SSSR count). The average molecular weight is 357 g/mol. The number of phenols is 1. The molecular weight excluding hydrogens is 334 g/mol. The monoisotopic (exact) mass is 357 g/mol. The number of rotatable bonds is 2. The first kappa shape index (κ1) is 15.4. The quantitative estimate of drug-likeness (QED) is 0.619. The Morgan fingerprint density at radius 1 is 1.31 bits per heavy atom. The number of aromatic hydroxyl groups is 1. The minimum Gasteiger partial charge on any atom is -0.632 e. The summed E-state index contributed by atoms with van der Waals surface area (Å²) in [6.45, 7) is 0.980. The van der Waals surface area contributed by atoms with Gasteiger partial charge in [0.2, 0.25) is 0 Å². The zero-order valence-electron chi connectivity index (χ0n) is 14.6. The van der Waals surface area contributed by atoms with Crippen LogP contribution in [-0.4, -0.2) is 51.5 Å². The van der Waals surface area contributed by atoms with Crippen LogP contribution in [0.2, 0.25) is 0 Å². The van der Waals surface area contributed by atoms with Crippen molar-refractivity contribution in [3.05, 3.63) is 28.5 Å². The van der Waals surface area contributed by atoms with Crippen LogP contribution in [0.25, 0.3) is 0 Å². The lowest BCUT2D eigenvalue weighted by molar-refractivity contribution is -0.923. The number of hydrogen-bond donors (Lipinski definition) is 2. The summed E-state index contributed by atoms with van der Waals surface area (Å²) in [5.41, 5.74) is -0.359. The van der Waals surface area contributed by atoms with Gasteiger partial charge in [-0.2, -0.15) is 0 Å². The van der Waals surface area contributed by atoms with Gasteiger partial charge < -0.3 is 24.8 Å². The standard InChI is InChI=1S/C20H23NO5/c22-13-4-3-12-9-15-20(24)6-5-14(23)18-19(20,16(12)17(13)26-18)7-8-21(15,25)10-11-1-2-11/h3-4,11,15,18,22,24H,1-2,5-10H2/t15-,18+,19?,20-,21?/m1/s1. The van der Waals surface area contributed by atoms with E-state index in [2.05, 4.69) is 0 Å². The molecule has 3 fully saturated rings. The van der Waals surface area contributed by atoms with Crippen molar-refractivity contribution < 1.29 is 24.4 Å². The zero-order valence-corrected chi connectivity index (χ0v) is 14.6. The third-order valence-corrected chi connectivity index (χ3v) is 7.85. The van der Waals surface area contributed by atoms with Gasteiger partial charge in [0.05, 0.1) is 18.5 Å². The van der Waals surface area contributed by atoms with Gasteiger partial charge in [-0.3, -0.25) is 4.79 Å². The molecule has 2 N–H and O–H groups in total. The lowest BCUT2D eigenvalue weighted by Gasteiger charge is -2.67. The molecule has 2 unspecified atom stereocenters. The minimum atomic E-state index is -1.24. The molecule has 6 heteroatoms. The van der Waals surface area contributed by atoms with E-state index >= 15 is 0 Å². The molecule has 0 aromatic heterocycles. The van der Waals surface area contributed by atoms with Gasteiger partial charge in [0.25, 0.3) is 0 Å². The predicted octanol–water partition coefficient (Wildman–Crippen LogP) is 1.54. The van der Waals surface area contributed by atoms with Crippen LogP contribution in [0.1, 0.15) is 43.2 Å². The highest BCUT2D eigenvalue weighted by Gasteiger charge is 2.76. The number of benzene rings is 1. The molecule has 0 amide bonds. The SMILES string of the molecule is O=C1CC[C@@]2(O)[C@H]3Cc4ccc(O)c5c4C2(CC[N+]3([O-])CC2CC2)[C@H]1O5. The second-order valence-electron chi connectivity index (χ2n) is 9.08. The Hall–Kier alpha value is -1.63. The number of nitrogens with zero attached hydrogens (tertiary/aromatic N) is 1. The van der Waals surface area contributed by atoms with Crippen LogP contribution >= 0.6 is 0 Å². The van der Waals surface area contributed by atoms with Crippen molar-refractivity contribution in [3.63, 3.8) is 0 Å². The van der Waals surface area contributed by atoms with E-state index in [-0.39, 0.29) is 22.6 Å². The summed E-state index contributed by atoms with van der Waals surface area (Å²) in [6, 6.07) is 2.98. The first-order valence-corrected chi connectivity index (χ1v) is 9.74. The number of hydrogen-bond acceptors (Lipinski definition) is 5. The number of likely N-dealkylation sites (tertiary alicyclic amines) is 1. The normalized spacial score (nSPS) is 45.2. The number of hydroxylamine groups is 3. The second-order valence-corrected chi connectivity index (χ2v) is 9.08. The number of quaternary nitrogens is 1. The lowest BCUT2D eigenvalue weighted by Crippen LogP contribution is -2.80. The number of Topliss-reactive ketones (excluding diaryl/α,β-unsaturated/α-hetero) is 1. The minimum absolute atomic E-state index is 0.0209. The van der Waals surface area contributed by atoms with Crippen LogP contribution in [0.3, 0.4) is 0 Å². The summed E-state index contributed by atoms with van der Waals surface area (Å²) in [5, 5.41) is 36.1. The van der Waals surface area contributed by atoms with E-state index in [1.54, 1.807) is 6.07 Å². The van der Waals surface area contributed by atoms with E-state index < -0.39 is 23.2 Å². The van der Waals surface area contributed by atoms with Crippen LogP contribution in [0, 0.1) is 11.1 Å². The molecule has 1 aromatic carbocycles. The largest absolute Gasteiger partial charge is 0.632 e. The first-order valence-electron chi connectivity index (χ1n) is 9.74. The molecule has 5 atom stereocenters. The molecule has 26 heavy (non-hydrogen) atoms. The highest BCUT2D eigenvalue weighted by molar-refractivity contribution is 5.90. The number of piperidine rings is 1. The van der Waals surface area contributed by atoms with E-state index in [1.165, 1.54) is 0 Å². The van der Waals surface area contributed by atoms with Gasteiger partial charge in [0.15, 0.2) is 23.4 Å². The van der Waals surface area contributed by atoms with Crippen molar-refractivity contribution in [2.45, 2.75) is 61.7 Å². The van der Waals surface area contributed by atoms with Gasteiger partial charge in [0.1, 0.15) is 11.6 Å². The molecule has 2 saturated carbocycles. The number of aliphatic hydroxyl groups is 1. The third kappa shape index (κ3) is 1.54. The summed E-state index contributed by atoms with van der Waals surface area (Å²) in [6.07, 6.45) is 2.91. The molecular formula is C20H23NO5. The molecule has 2 bridgehead atoms. The Balaban J connectivity index is 1.60. The van der Waals surface area contributed by atoms with Crippen LogP contribution in [0.15, 0.2) is 12.1 Å².